The molecule has 2 unspecified atom stereocenters. The van der Waals surface area contributed by atoms with Gasteiger partial charge in [-0.1, -0.05) is 214 Å². The smallest absolute Gasteiger partial charge is 0.462 e. The highest BCUT2D eigenvalue weighted by atomic mass is 31.2. The Morgan fingerprint density at radius 2 is 0.548 bits per heavy atom. The predicted molar refractivity (Wildman–Crippen MR) is 285 cm³/mol. The maximum atomic E-state index is 12.9. The van der Waals surface area contributed by atoms with Crippen molar-refractivity contribution in [1.29, 1.82) is 0 Å². The minimum atomic E-state index is -4.93. The average Bonchev–Trinajstić information content (AvgIpc) is 3.36. The first-order valence-electron chi connectivity index (χ1n) is 28.8. The average molecular weight is 1090 g/mol. The van der Waals surface area contributed by atoms with Crippen LogP contribution in [-0.4, -0.2) is 96.7 Å². The van der Waals surface area contributed by atoms with E-state index in [0.29, 0.717) is 25.7 Å². The first kappa shape index (κ1) is 71.1. The van der Waals surface area contributed by atoms with Crippen LogP contribution in [0.25, 0.3) is 0 Å². The van der Waals surface area contributed by atoms with E-state index in [4.69, 9.17) is 37.0 Å². The van der Waals surface area contributed by atoms with Gasteiger partial charge in [-0.05, 0) is 25.7 Å². The number of carbonyl (C=O) groups excluding carboxylic acids is 4. The van der Waals surface area contributed by atoms with Crippen LogP contribution in [0.15, 0.2) is 0 Å². The Morgan fingerprint density at radius 3 is 0.808 bits per heavy atom. The number of aliphatic hydroxyl groups is 1. The number of esters is 4. The van der Waals surface area contributed by atoms with Crippen molar-refractivity contribution >= 4 is 39.5 Å². The molecule has 0 radical (unpaired) electrons. The lowest BCUT2D eigenvalue weighted by atomic mass is 10.1. The fourth-order valence-corrected chi connectivity index (χ4v) is 9.44. The second-order valence-corrected chi connectivity index (χ2v) is 22.5. The van der Waals surface area contributed by atoms with Crippen LogP contribution in [0.5, 0.6) is 0 Å². The maximum Gasteiger partial charge on any atom is 0.472 e. The van der Waals surface area contributed by atoms with Crippen LogP contribution in [0.4, 0.5) is 0 Å². The molecule has 0 heterocycles. The molecular formula is C54H104O17P2. The summed E-state index contributed by atoms with van der Waals surface area (Å²) in [5.74, 6) is -2.16. The van der Waals surface area contributed by atoms with Crippen LogP contribution in [0.1, 0.15) is 265 Å². The van der Waals surface area contributed by atoms with E-state index < -0.39 is 97.5 Å². The highest BCUT2D eigenvalue weighted by Gasteiger charge is 2.30. The minimum Gasteiger partial charge on any atom is -0.462 e. The molecule has 432 valence electrons. The molecule has 0 aliphatic carbocycles. The highest BCUT2D eigenvalue weighted by molar-refractivity contribution is 7.47. The zero-order chi connectivity index (χ0) is 54.1. The largest absolute Gasteiger partial charge is 0.472 e. The summed E-state index contributed by atoms with van der Waals surface area (Å²) in [4.78, 5) is 71.4. The van der Waals surface area contributed by atoms with Gasteiger partial charge in [0.05, 0.1) is 26.4 Å². The summed E-state index contributed by atoms with van der Waals surface area (Å²) in [7, 11) is -9.85. The third-order valence-corrected chi connectivity index (χ3v) is 14.3. The zero-order valence-electron chi connectivity index (χ0n) is 46.1. The predicted octanol–water partition coefficient (Wildman–Crippen LogP) is 14.0. The number of hydrogen-bond acceptors (Lipinski definition) is 15. The van der Waals surface area contributed by atoms with E-state index in [2.05, 4.69) is 27.7 Å². The minimum absolute atomic E-state index is 0.103. The molecule has 73 heavy (non-hydrogen) atoms. The number of phosphoric ester groups is 2. The van der Waals surface area contributed by atoms with Crippen molar-refractivity contribution in [1.82, 2.24) is 0 Å². The summed E-state index contributed by atoms with van der Waals surface area (Å²) in [6.07, 6.45) is 30.9. The van der Waals surface area contributed by atoms with E-state index in [0.717, 1.165) is 116 Å². The van der Waals surface area contributed by atoms with E-state index in [-0.39, 0.29) is 25.7 Å². The normalized spacial score (nSPS) is 14.5. The SMILES string of the molecule is CCCCCCCCCCCCC(=O)O[C@H](COC(=O)CCCCCCCCCCC)COP(=O)(O)OC[C@@H](O)COP(=O)(O)OC[C@@H](COC(=O)CCCCCCCCC)OC(=O)CCCCCCCCC. The van der Waals surface area contributed by atoms with Crippen molar-refractivity contribution in [3.8, 4) is 0 Å². The molecule has 19 heteroatoms. The van der Waals surface area contributed by atoms with Gasteiger partial charge in [-0.2, -0.15) is 0 Å². The summed E-state index contributed by atoms with van der Waals surface area (Å²) < 4.78 is 67.3. The van der Waals surface area contributed by atoms with Crippen LogP contribution in [0.3, 0.4) is 0 Å². The number of phosphoric acid groups is 2. The second kappa shape index (κ2) is 49.6. The van der Waals surface area contributed by atoms with Gasteiger partial charge in [0.15, 0.2) is 12.2 Å². The number of ether oxygens (including phenoxy) is 4. The molecule has 0 amide bonds. The molecule has 0 rings (SSSR count). The van der Waals surface area contributed by atoms with Crippen LogP contribution in [0.2, 0.25) is 0 Å². The Kier molecular flexibility index (Phi) is 48.3. The van der Waals surface area contributed by atoms with E-state index in [1.165, 1.54) is 70.6 Å². The van der Waals surface area contributed by atoms with Crippen molar-refractivity contribution in [2.24, 2.45) is 0 Å². The van der Waals surface area contributed by atoms with Gasteiger partial charge in [0.2, 0.25) is 0 Å². The molecule has 0 aromatic heterocycles. The maximum absolute atomic E-state index is 12.9. The zero-order valence-corrected chi connectivity index (χ0v) is 47.9. The Labute approximate surface area is 441 Å². The van der Waals surface area contributed by atoms with Crippen LogP contribution >= 0.6 is 15.6 Å². The topological polar surface area (TPSA) is 237 Å². The number of aliphatic hydroxyl groups excluding tert-OH is 1. The Balaban J connectivity index is 5.19. The van der Waals surface area contributed by atoms with Crippen molar-refractivity contribution < 1.29 is 80.2 Å². The monoisotopic (exact) mass is 1090 g/mol. The molecule has 5 atom stereocenters. The number of rotatable bonds is 55. The van der Waals surface area contributed by atoms with E-state index in [1.54, 1.807) is 0 Å². The lowest BCUT2D eigenvalue weighted by Crippen LogP contribution is -2.30. The van der Waals surface area contributed by atoms with Crippen molar-refractivity contribution in [3.63, 3.8) is 0 Å². The standard InChI is InChI=1S/C54H104O17P2/c1-5-9-13-17-21-23-25-29-33-37-41-54(59)71-50(45-65-52(57)39-35-31-28-24-22-18-14-10-6-2)47-69-73(62,63)67-43-48(55)42-66-72(60,61)68-46-49(70-53(58)40-36-32-27-20-16-12-8-4)44-64-51(56)38-34-30-26-19-15-11-7-3/h48-50,55H,5-47H2,1-4H3,(H,60,61)(H,62,63)/t48-,49+,50+/m0/s1. The van der Waals surface area contributed by atoms with E-state index in [1.807, 2.05) is 0 Å². The summed E-state index contributed by atoms with van der Waals surface area (Å²) in [5, 5.41) is 10.4. The Bertz CT molecular complexity index is 1440. The lowest BCUT2D eigenvalue weighted by molar-refractivity contribution is -0.161. The van der Waals surface area contributed by atoms with Gasteiger partial charge < -0.3 is 33.8 Å². The highest BCUT2D eigenvalue weighted by Crippen LogP contribution is 2.45. The van der Waals surface area contributed by atoms with Crippen LogP contribution < -0.4 is 0 Å². The van der Waals surface area contributed by atoms with Gasteiger partial charge in [0.25, 0.3) is 0 Å². The molecular weight excluding hydrogens is 983 g/mol. The second-order valence-electron chi connectivity index (χ2n) is 19.6. The Hall–Kier alpha value is -1.94. The first-order chi connectivity index (χ1) is 35.2. The molecule has 17 nitrogen and oxygen atoms in total. The fraction of sp³-hybridized carbons (Fsp3) is 0.926. The van der Waals surface area contributed by atoms with Crippen LogP contribution in [-0.2, 0) is 65.4 Å². The molecule has 0 aliphatic heterocycles. The Morgan fingerprint density at radius 1 is 0.329 bits per heavy atom. The van der Waals surface area contributed by atoms with Gasteiger partial charge >= 0.3 is 39.5 Å². The summed E-state index contributed by atoms with van der Waals surface area (Å²) >= 11 is 0. The number of unbranched alkanes of at least 4 members (excludes halogenated alkanes) is 29. The summed E-state index contributed by atoms with van der Waals surface area (Å²) in [6, 6.07) is 0. The molecule has 0 saturated carbocycles. The number of carbonyl (C=O) groups is 4. The van der Waals surface area contributed by atoms with Crippen LogP contribution in [0, 0.1) is 0 Å². The van der Waals surface area contributed by atoms with Crippen molar-refractivity contribution in [3.05, 3.63) is 0 Å². The molecule has 0 spiro atoms. The van der Waals surface area contributed by atoms with E-state index >= 15 is 0 Å². The van der Waals surface area contributed by atoms with Gasteiger partial charge in [-0.3, -0.25) is 37.3 Å². The van der Waals surface area contributed by atoms with Crippen molar-refractivity contribution in [2.75, 3.05) is 39.6 Å². The fourth-order valence-electron chi connectivity index (χ4n) is 7.87. The van der Waals surface area contributed by atoms with Crippen molar-refractivity contribution in [2.45, 2.75) is 284 Å². The molecule has 0 aromatic rings. The third kappa shape index (κ3) is 49.4. The summed E-state index contributed by atoms with van der Waals surface area (Å²) in [5.41, 5.74) is 0. The number of hydrogen-bond donors (Lipinski definition) is 3. The summed E-state index contributed by atoms with van der Waals surface area (Å²) in [6.45, 7) is 4.71. The van der Waals surface area contributed by atoms with Gasteiger partial charge in [-0.25, -0.2) is 9.13 Å². The van der Waals surface area contributed by atoms with Gasteiger partial charge in [0.1, 0.15) is 19.3 Å². The molecule has 0 aromatic carbocycles. The molecule has 0 aliphatic rings. The molecule has 3 N–H and O–H groups in total. The third-order valence-electron chi connectivity index (χ3n) is 12.4. The molecule has 0 bridgehead atoms. The lowest BCUT2D eigenvalue weighted by Gasteiger charge is -2.21. The molecule has 0 saturated heterocycles. The van der Waals surface area contributed by atoms with Gasteiger partial charge in [-0.15, -0.1) is 0 Å². The van der Waals surface area contributed by atoms with E-state index in [9.17, 15) is 43.2 Å². The quantitative estimate of drug-likeness (QED) is 0.0222. The molecule has 0 fully saturated rings. The van der Waals surface area contributed by atoms with Gasteiger partial charge in [0, 0.05) is 25.7 Å². The first-order valence-corrected chi connectivity index (χ1v) is 31.8.